The Balaban J connectivity index is 1.41. The lowest BCUT2D eigenvalue weighted by Crippen LogP contribution is -2.27. The first-order valence-corrected chi connectivity index (χ1v) is 8.49. The molecule has 0 bridgehead atoms. The zero-order valence-corrected chi connectivity index (χ0v) is 14.1. The first kappa shape index (κ1) is 15.9. The van der Waals surface area contributed by atoms with Gasteiger partial charge in [-0.15, -0.1) is 0 Å². The number of hydrogen-bond donors (Lipinski definition) is 2. The van der Waals surface area contributed by atoms with Crippen LogP contribution in [0.4, 0.5) is 5.95 Å². The lowest BCUT2D eigenvalue weighted by molar-refractivity contribution is -0.115. The minimum atomic E-state index is -0.133. The highest BCUT2D eigenvalue weighted by molar-refractivity contribution is 5.90. The van der Waals surface area contributed by atoms with Crippen molar-refractivity contribution < 1.29 is 14.3 Å². The SMILES string of the molecule is Cn1nc(C2CCNCC2)nc1NC(=O)Cc1ccc2c(c1)OCO2. The molecule has 4 rings (SSSR count). The number of rotatable bonds is 4. The molecule has 132 valence electrons. The highest BCUT2D eigenvalue weighted by atomic mass is 16.7. The van der Waals surface area contributed by atoms with E-state index < -0.39 is 0 Å². The molecular formula is C17H21N5O3. The standard InChI is InChI=1S/C17H21N5O3/c1-22-17(20-16(21-22)12-4-6-18-7-5-12)19-15(23)9-11-2-3-13-14(8-11)25-10-24-13/h2-3,8,12,18H,4-7,9-10H2,1H3,(H,19,20,21,23). The van der Waals surface area contributed by atoms with E-state index in [0.717, 1.165) is 37.3 Å². The van der Waals surface area contributed by atoms with E-state index >= 15 is 0 Å². The fourth-order valence-corrected chi connectivity index (χ4v) is 3.17. The molecule has 0 aliphatic carbocycles. The van der Waals surface area contributed by atoms with Gasteiger partial charge in [0.2, 0.25) is 18.6 Å². The monoisotopic (exact) mass is 343 g/mol. The van der Waals surface area contributed by atoms with Crippen molar-refractivity contribution in [2.45, 2.75) is 25.2 Å². The molecule has 3 heterocycles. The summed E-state index contributed by atoms with van der Waals surface area (Å²) in [6.07, 6.45) is 2.29. The molecule has 1 amide bonds. The van der Waals surface area contributed by atoms with Crippen LogP contribution >= 0.6 is 0 Å². The Morgan fingerprint density at radius 1 is 1.32 bits per heavy atom. The molecule has 0 spiro atoms. The van der Waals surface area contributed by atoms with Gasteiger partial charge in [0.1, 0.15) is 0 Å². The molecule has 0 radical (unpaired) electrons. The van der Waals surface area contributed by atoms with Crippen molar-refractivity contribution >= 4 is 11.9 Å². The molecule has 0 unspecified atom stereocenters. The molecule has 1 fully saturated rings. The van der Waals surface area contributed by atoms with E-state index in [2.05, 4.69) is 20.7 Å². The summed E-state index contributed by atoms with van der Waals surface area (Å²) in [6.45, 7) is 2.19. The molecule has 2 aliphatic heterocycles. The van der Waals surface area contributed by atoms with E-state index in [9.17, 15) is 4.79 Å². The zero-order valence-electron chi connectivity index (χ0n) is 14.1. The van der Waals surface area contributed by atoms with Crippen LogP contribution in [0.25, 0.3) is 0 Å². The molecule has 25 heavy (non-hydrogen) atoms. The minimum absolute atomic E-state index is 0.133. The summed E-state index contributed by atoms with van der Waals surface area (Å²) in [5.74, 6) is 2.90. The Hall–Kier alpha value is -2.61. The predicted octanol–water partition coefficient (Wildman–Crippen LogP) is 1.19. The Kier molecular flexibility index (Phi) is 4.27. The first-order valence-electron chi connectivity index (χ1n) is 8.49. The average Bonchev–Trinajstić information content (AvgIpc) is 3.22. The van der Waals surface area contributed by atoms with Gasteiger partial charge in [0.25, 0.3) is 0 Å². The Labute approximate surface area is 145 Å². The third kappa shape index (κ3) is 3.43. The molecule has 2 aromatic rings. The van der Waals surface area contributed by atoms with E-state index in [-0.39, 0.29) is 19.1 Å². The minimum Gasteiger partial charge on any atom is -0.454 e. The quantitative estimate of drug-likeness (QED) is 0.867. The van der Waals surface area contributed by atoms with Crippen molar-refractivity contribution in [1.29, 1.82) is 0 Å². The number of piperidine rings is 1. The van der Waals surface area contributed by atoms with Gasteiger partial charge in [0.15, 0.2) is 17.3 Å². The van der Waals surface area contributed by atoms with E-state index in [1.54, 1.807) is 11.7 Å². The molecule has 1 saturated heterocycles. The van der Waals surface area contributed by atoms with Crippen LogP contribution in [0.5, 0.6) is 11.5 Å². The Morgan fingerprint density at radius 2 is 2.12 bits per heavy atom. The maximum atomic E-state index is 12.3. The predicted molar refractivity (Wildman–Crippen MR) is 90.7 cm³/mol. The number of hydrogen-bond acceptors (Lipinski definition) is 6. The third-order valence-electron chi connectivity index (χ3n) is 4.54. The fourth-order valence-electron chi connectivity index (χ4n) is 3.17. The number of aromatic nitrogens is 3. The van der Waals surface area contributed by atoms with Crippen molar-refractivity contribution in [3.05, 3.63) is 29.6 Å². The summed E-state index contributed by atoms with van der Waals surface area (Å²) in [5.41, 5.74) is 0.863. The van der Waals surface area contributed by atoms with Crippen LogP contribution in [0.3, 0.4) is 0 Å². The largest absolute Gasteiger partial charge is 0.454 e. The lowest BCUT2D eigenvalue weighted by atomic mass is 9.98. The van der Waals surface area contributed by atoms with Crippen LogP contribution in [0.1, 0.15) is 30.1 Å². The second-order valence-corrected chi connectivity index (χ2v) is 6.35. The van der Waals surface area contributed by atoms with E-state index in [0.29, 0.717) is 23.4 Å². The van der Waals surface area contributed by atoms with Crippen molar-refractivity contribution in [3.63, 3.8) is 0 Å². The second kappa shape index (κ2) is 6.72. The summed E-state index contributed by atoms with van der Waals surface area (Å²) >= 11 is 0. The molecule has 0 atom stereocenters. The van der Waals surface area contributed by atoms with Gasteiger partial charge >= 0.3 is 0 Å². The van der Waals surface area contributed by atoms with Crippen molar-refractivity contribution in [1.82, 2.24) is 20.1 Å². The number of nitrogens with zero attached hydrogens (tertiary/aromatic N) is 3. The number of aryl methyl sites for hydroxylation is 1. The fraction of sp³-hybridized carbons (Fsp3) is 0.471. The normalized spacial score (nSPS) is 16.8. The van der Waals surface area contributed by atoms with Crippen LogP contribution in [0.2, 0.25) is 0 Å². The van der Waals surface area contributed by atoms with E-state index in [1.165, 1.54) is 0 Å². The molecule has 1 aromatic carbocycles. The van der Waals surface area contributed by atoms with Gasteiger partial charge in [0, 0.05) is 13.0 Å². The molecule has 2 aliphatic rings. The topological polar surface area (TPSA) is 90.3 Å². The van der Waals surface area contributed by atoms with Gasteiger partial charge in [-0.25, -0.2) is 4.68 Å². The second-order valence-electron chi connectivity index (χ2n) is 6.35. The third-order valence-corrected chi connectivity index (χ3v) is 4.54. The van der Waals surface area contributed by atoms with Gasteiger partial charge in [-0.3, -0.25) is 10.1 Å². The summed E-state index contributed by atoms with van der Waals surface area (Å²) < 4.78 is 12.3. The first-order chi connectivity index (χ1) is 12.2. The van der Waals surface area contributed by atoms with Crippen molar-refractivity contribution in [3.8, 4) is 11.5 Å². The number of carbonyl (C=O) groups excluding carboxylic acids is 1. The number of fused-ring (bicyclic) bond motifs is 1. The van der Waals surface area contributed by atoms with Crippen LogP contribution in [-0.4, -0.2) is 40.6 Å². The van der Waals surface area contributed by atoms with E-state index in [1.807, 2.05) is 18.2 Å². The van der Waals surface area contributed by atoms with Crippen molar-refractivity contribution in [2.24, 2.45) is 7.05 Å². The van der Waals surface area contributed by atoms with E-state index in [4.69, 9.17) is 9.47 Å². The van der Waals surface area contributed by atoms with Gasteiger partial charge in [-0.05, 0) is 43.6 Å². The highest BCUT2D eigenvalue weighted by Gasteiger charge is 2.21. The smallest absolute Gasteiger partial charge is 0.231 e. The molecule has 8 nitrogen and oxygen atoms in total. The number of amides is 1. The van der Waals surface area contributed by atoms with Crippen LogP contribution in [0, 0.1) is 0 Å². The summed E-state index contributed by atoms with van der Waals surface area (Å²) in [5, 5.41) is 10.6. The van der Waals surface area contributed by atoms with Crippen LogP contribution < -0.4 is 20.1 Å². The highest BCUT2D eigenvalue weighted by Crippen LogP contribution is 2.32. The van der Waals surface area contributed by atoms with Gasteiger partial charge in [0.05, 0.1) is 6.42 Å². The van der Waals surface area contributed by atoms with Gasteiger partial charge in [-0.1, -0.05) is 6.07 Å². The maximum Gasteiger partial charge on any atom is 0.231 e. The summed E-state index contributed by atoms with van der Waals surface area (Å²) in [7, 11) is 1.80. The maximum absolute atomic E-state index is 12.3. The Bertz CT molecular complexity index is 783. The summed E-state index contributed by atoms with van der Waals surface area (Å²) in [4.78, 5) is 16.9. The number of anilines is 1. The number of ether oxygens (including phenoxy) is 2. The van der Waals surface area contributed by atoms with Gasteiger partial charge < -0.3 is 14.8 Å². The number of benzene rings is 1. The number of carbonyl (C=O) groups is 1. The molecule has 2 N–H and O–H groups in total. The van der Waals surface area contributed by atoms with Crippen LogP contribution in [-0.2, 0) is 18.3 Å². The van der Waals surface area contributed by atoms with Gasteiger partial charge in [-0.2, -0.15) is 10.1 Å². The molecular weight excluding hydrogens is 322 g/mol. The number of nitrogens with one attached hydrogen (secondary N) is 2. The van der Waals surface area contributed by atoms with Crippen LogP contribution in [0.15, 0.2) is 18.2 Å². The Morgan fingerprint density at radius 3 is 2.96 bits per heavy atom. The molecule has 8 heteroatoms. The average molecular weight is 343 g/mol. The lowest BCUT2D eigenvalue weighted by Gasteiger charge is -2.19. The van der Waals surface area contributed by atoms with Crippen molar-refractivity contribution in [2.75, 3.05) is 25.2 Å². The molecule has 0 saturated carbocycles. The molecule has 1 aromatic heterocycles. The summed E-state index contributed by atoms with van der Waals surface area (Å²) in [6, 6.07) is 5.52. The zero-order chi connectivity index (χ0) is 17.2.